The predicted octanol–water partition coefficient (Wildman–Crippen LogP) is 3.51. The minimum atomic E-state index is -0.725. The predicted molar refractivity (Wildman–Crippen MR) is 106 cm³/mol. The maximum atomic E-state index is 14.1. The van der Waals surface area contributed by atoms with Gasteiger partial charge in [-0.3, -0.25) is 9.78 Å². The van der Waals surface area contributed by atoms with Crippen LogP contribution in [0.3, 0.4) is 0 Å². The molecule has 1 heterocycles. The van der Waals surface area contributed by atoms with Gasteiger partial charge in [-0.25, -0.2) is 4.39 Å². The lowest BCUT2D eigenvalue weighted by Gasteiger charge is -2.33. The highest BCUT2D eigenvalue weighted by Crippen LogP contribution is 2.20. The number of halogens is 2. The molecule has 0 saturated heterocycles. The molecule has 3 N–H and O–H groups in total. The fraction of sp³-hybridized carbons (Fsp3) is 0.263. The molecule has 0 aliphatic heterocycles. The van der Waals surface area contributed by atoms with Crippen LogP contribution in [-0.4, -0.2) is 23.0 Å². The Hall–Kier alpha value is -3.18. The van der Waals surface area contributed by atoms with Crippen LogP contribution in [0.25, 0.3) is 0 Å². The summed E-state index contributed by atoms with van der Waals surface area (Å²) >= 11 is 5.74. The number of nitriles is 1. The van der Waals surface area contributed by atoms with Gasteiger partial charge < -0.3 is 16.0 Å². The van der Waals surface area contributed by atoms with Gasteiger partial charge in [0, 0.05) is 16.6 Å². The van der Waals surface area contributed by atoms with Crippen molar-refractivity contribution in [2.24, 2.45) is 10.4 Å². The number of benzene rings is 1. The standard InChI is InChI=1S/C19H20ClFN6O/c1-19(2,3)17(26-16(28)14-7-6-12(20)9-15(14)21)27-18(24-11-22)25-13-5-4-8-23-10-13/h4-10,17H,1-3H3,(H,26,28)(H2,24,25,27). The molecule has 1 aromatic heterocycles. The van der Waals surface area contributed by atoms with Gasteiger partial charge in [0.05, 0.1) is 17.4 Å². The summed E-state index contributed by atoms with van der Waals surface area (Å²) in [5, 5.41) is 17.8. The second-order valence-electron chi connectivity index (χ2n) is 6.97. The highest BCUT2D eigenvalue weighted by Gasteiger charge is 2.28. The van der Waals surface area contributed by atoms with Gasteiger partial charge in [0.1, 0.15) is 12.0 Å². The molecule has 0 aliphatic rings. The van der Waals surface area contributed by atoms with Crippen LogP contribution in [0.2, 0.25) is 5.02 Å². The molecule has 0 bridgehead atoms. The number of nitrogens with one attached hydrogen (secondary N) is 3. The maximum absolute atomic E-state index is 14.1. The van der Waals surface area contributed by atoms with Gasteiger partial charge in [0.15, 0.2) is 0 Å². The van der Waals surface area contributed by atoms with Gasteiger partial charge in [-0.2, -0.15) is 5.26 Å². The Morgan fingerprint density at radius 3 is 2.64 bits per heavy atom. The summed E-state index contributed by atoms with van der Waals surface area (Å²) < 4.78 is 14.1. The SMILES string of the molecule is CC(C)(C)C(NC(=O)c1ccc(Cl)cc1F)N/C(=N/C#N)Nc1cccnc1. The third-order valence-electron chi connectivity index (χ3n) is 3.68. The van der Waals surface area contributed by atoms with Crippen LogP contribution in [0.1, 0.15) is 31.1 Å². The zero-order valence-electron chi connectivity index (χ0n) is 15.6. The number of nitrogens with zero attached hydrogens (tertiary/aromatic N) is 3. The monoisotopic (exact) mass is 402 g/mol. The third-order valence-corrected chi connectivity index (χ3v) is 3.92. The molecule has 1 atom stereocenters. The summed E-state index contributed by atoms with van der Waals surface area (Å²) in [5.74, 6) is -1.23. The largest absolute Gasteiger partial charge is 0.335 e. The van der Waals surface area contributed by atoms with E-state index in [0.29, 0.717) is 5.69 Å². The van der Waals surface area contributed by atoms with Crippen molar-refractivity contribution in [3.63, 3.8) is 0 Å². The highest BCUT2D eigenvalue weighted by molar-refractivity contribution is 6.30. The number of anilines is 1. The molecule has 0 saturated carbocycles. The first-order valence-corrected chi connectivity index (χ1v) is 8.75. The third kappa shape index (κ3) is 5.93. The van der Waals surface area contributed by atoms with Gasteiger partial charge in [0.2, 0.25) is 12.2 Å². The topological polar surface area (TPSA) is 102 Å². The summed E-state index contributed by atoms with van der Waals surface area (Å²) in [5.41, 5.74) is -0.0306. The van der Waals surface area contributed by atoms with Crippen LogP contribution in [0.4, 0.5) is 10.1 Å². The van der Waals surface area contributed by atoms with E-state index in [9.17, 15) is 9.18 Å². The van der Waals surface area contributed by atoms with Gasteiger partial charge in [-0.1, -0.05) is 32.4 Å². The number of amides is 1. The minimum Gasteiger partial charge on any atom is -0.335 e. The van der Waals surface area contributed by atoms with Crippen molar-refractivity contribution in [2.45, 2.75) is 26.9 Å². The average Bonchev–Trinajstić information content (AvgIpc) is 2.61. The van der Waals surface area contributed by atoms with Crippen molar-refractivity contribution >= 4 is 29.2 Å². The van der Waals surface area contributed by atoms with Crippen LogP contribution in [0, 0.1) is 22.7 Å². The Bertz CT molecular complexity index is 905. The second-order valence-corrected chi connectivity index (χ2v) is 7.40. The van der Waals surface area contributed by atoms with Crippen molar-refractivity contribution in [3.8, 4) is 6.19 Å². The van der Waals surface area contributed by atoms with Crippen LogP contribution in [-0.2, 0) is 0 Å². The van der Waals surface area contributed by atoms with Gasteiger partial charge in [-0.05, 0) is 30.3 Å². The zero-order valence-corrected chi connectivity index (χ0v) is 16.4. The smallest absolute Gasteiger partial charge is 0.255 e. The van der Waals surface area contributed by atoms with Crippen molar-refractivity contribution in [2.75, 3.05) is 5.32 Å². The van der Waals surface area contributed by atoms with Crippen molar-refractivity contribution in [1.82, 2.24) is 15.6 Å². The Balaban J connectivity index is 2.21. The first-order valence-electron chi connectivity index (χ1n) is 8.37. The lowest BCUT2D eigenvalue weighted by molar-refractivity contribution is 0.0891. The molecule has 7 nitrogen and oxygen atoms in total. The minimum absolute atomic E-state index is 0.118. The molecule has 28 heavy (non-hydrogen) atoms. The Labute approximate surface area is 167 Å². The van der Waals surface area contributed by atoms with E-state index in [1.165, 1.54) is 12.1 Å². The fourth-order valence-corrected chi connectivity index (χ4v) is 2.37. The quantitative estimate of drug-likeness (QED) is 0.314. The Morgan fingerprint density at radius 1 is 1.32 bits per heavy atom. The lowest BCUT2D eigenvalue weighted by Crippen LogP contribution is -2.56. The number of pyridine rings is 1. The van der Waals surface area contributed by atoms with Crippen molar-refractivity contribution < 1.29 is 9.18 Å². The summed E-state index contributed by atoms with van der Waals surface area (Å²) in [6.07, 6.45) is 4.19. The van der Waals surface area contributed by atoms with Crippen LogP contribution >= 0.6 is 11.6 Å². The summed E-state index contributed by atoms with van der Waals surface area (Å²) in [7, 11) is 0. The highest BCUT2D eigenvalue weighted by atomic mass is 35.5. The number of aliphatic imine (C=N–C) groups is 1. The number of guanidine groups is 1. The van der Waals surface area contributed by atoms with E-state index in [1.54, 1.807) is 30.7 Å². The zero-order chi connectivity index (χ0) is 20.7. The molecule has 2 rings (SSSR count). The second kappa shape index (κ2) is 9.15. The molecule has 0 radical (unpaired) electrons. The van der Waals surface area contributed by atoms with E-state index in [0.717, 1.165) is 6.07 Å². The number of hydrogen-bond acceptors (Lipinski definition) is 4. The molecule has 1 amide bonds. The Kier molecular flexibility index (Phi) is 6.90. The molecule has 2 aromatic rings. The molecule has 1 aromatic carbocycles. The van der Waals surface area contributed by atoms with Crippen molar-refractivity contribution in [3.05, 3.63) is 59.1 Å². The molecule has 0 spiro atoms. The van der Waals surface area contributed by atoms with E-state index in [4.69, 9.17) is 16.9 Å². The molecular weight excluding hydrogens is 383 g/mol. The van der Waals surface area contributed by atoms with Gasteiger partial charge in [0.25, 0.3) is 5.91 Å². The first-order chi connectivity index (χ1) is 13.2. The van der Waals surface area contributed by atoms with E-state index >= 15 is 0 Å². The number of rotatable bonds is 4. The van der Waals surface area contributed by atoms with Crippen LogP contribution in [0.5, 0.6) is 0 Å². The average molecular weight is 403 g/mol. The molecule has 9 heteroatoms. The van der Waals surface area contributed by atoms with Gasteiger partial charge >= 0.3 is 0 Å². The summed E-state index contributed by atoms with van der Waals surface area (Å²) in [6.45, 7) is 5.62. The number of carbonyl (C=O) groups excluding carboxylic acids is 1. The fourth-order valence-electron chi connectivity index (χ4n) is 2.21. The Morgan fingerprint density at radius 2 is 2.07 bits per heavy atom. The maximum Gasteiger partial charge on any atom is 0.255 e. The molecule has 0 aliphatic carbocycles. The van der Waals surface area contributed by atoms with E-state index in [2.05, 4.69) is 25.9 Å². The van der Waals surface area contributed by atoms with E-state index in [1.807, 2.05) is 20.8 Å². The molecule has 0 fully saturated rings. The van der Waals surface area contributed by atoms with Gasteiger partial charge in [-0.15, -0.1) is 4.99 Å². The lowest BCUT2D eigenvalue weighted by atomic mass is 9.92. The van der Waals surface area contributed by atoms with Crippen LogP contribution < -0.4 is 16.0 Å². The molecule has 146 valence electrons. The summed E-state index contributed by atoms with van der Waals surface area (Å²) in [6, 6.07) is 7.28. The molecule has 1 unspecified atom stereocenters. The number of aromatic nitrogens is 1. The van der Waals surface area contributed by atoms with E-state index in [-0.39, 0.29) is 16.5 Å². The normalized spacial score (nSPS) is 12.6. The number of hydrogen-bond donors (Lipinski definition) is 3. The summed E-state index contributed by atoms with van der Waals surface area (Å²) in [4.78, 5) is 20.3. The molecular formula is C19H20ClFN6O. The number of carbonyl (C=O) groups is 1. The van der Waals surface area contributed by atoms with Crippen LogP contribution in [0.15, 0.2) is 47.7 Å². The van der Waals surface area contributed by atoms with E-state index < -0.39 is 23.3 Å². The van der Waals surface area contributed by atoms with Crippen molar-refractivity contribution in [1.29, 1.82) is 5.26 Å². The first kappa shape index (κ1) is 21.1.